The number of ether oxygens (including phenoxy) is 1. The maximum Gasteiger partial charge on any atom is 0.143 e. The monoisotopic (exact) mass is 452 g/mol. The van der Waals surface area contributed by atoms with Gasteiger partial charge in [0, 0.05) is 5.56 Å². The van der Waals surface area contributed by atoms with Gasteiger partial charge in [0.2, 0.25) is 0 Å². The van der Waals surface area contributed by atoms with E-state index in [1.165, 1.54) is 86.5 Å². The van der Waals surface area contributed by atoms with E-state index in [4.69, 9.17) is 4.74 Å². The molecule has 1 aliphatic carbocycles. The van der Waals surface area contributed by atoms with E-state index in [-0.39, 0.29) is 0 Å². The molecule has 0 atom stereocenters. The lowest BCUT2D eigenvalue weighted by Crippen LogP contribution is -2.13. The van der Waals surface area contributed by atoms with Gasteiger partial charge in [0.05, 0.1) is 7.11 Å². The molecule has 0 bridgehead atoms. The number of rotatable bonds is 14. The van der Waals surface area contributed by atoms with Crippen LogP contribution in [0.2, 0.25) is 0 Å². The average Bonchev–Trinajstić information content (AvgIpc) is 2.85. The summed E-state index contributed by atoms with van der Waals surface area (Å²) in [7, 11) is 1.82. The van der Waals surface area contributed by atoms with Crippen molar-refractivity contribution in [3.8, 4) is 5.75 Å². The first-order valence-corrected chi connectivity index (χ1v) is 13.7. The minimum absolute atomic E-state index is 0.539. The standard InChI is InChI=1S/C31H48O2/c1-6-10-16-25-23-30(28(21-22-32)26(9-4)24-17-14-13-15-18-24)31(33-5)29(20-12-8-3)27(25)19-11-7-2/h9,21-24H,6-8,10-20H2,1-5H3/b26-9+,28-21-. The van der Waals surface area contributed by atoms with E-state index in [0.29, 0.717) is 5.92 Å². The Morgan fingerprint density at radius 2 is 1.55 bits per heavy atom. The Hall–Kier alpha value is -1.83. The molecular weight excluding hydrogens is 404 g/mol. The Morgan fingerprint density at radius 1 is 0.939 bits per heavy atom. The maximum atomic E-state index is 11.9. The summed E-state index contributed by atoms with van der Waals surface area (Å²) >= 11 is 0. The minimum Gasteiger partial charge on any atom is -0.496 e. The van der Waals surface area contributed by atoms with E-state index in [0.717, 1.165) is 48.9 Å². The maximum absolute atomic E-state index is 11.9. The number of carbonyl (C=O) groups is 1. The Morgan fingerprint density at radius 3 is 2.09 bits per heavy atom. The van der Waals surface area contributed by atoms with Crippen LogP contribution in [0.5, 0.6) is 5.75 Å². The number of carbonyl (C=O) groups excluding carboxylic acids is 1. The second kappa shape index (κ2) is 15.1. The van der Waals surface area contributed by atoms with Crippen molar-refractivity contribution >= 4 is 11.9 Å². The van der Waals surface area contributed by atoms with Gasteiger partial charge in [0.1, 0.15) is 12.0 Å². The third-order valence-corrected chi connectivity index (χ3v) is 7.35. The first-order chi connectivity index (χ1) is 16.2. The molecule has 0 spiro atoms. The number of hydrogen-bond donors (Lipinski definition) is 0. The van der Waals surface area contributed by atoms with Crippen LogP contribution in [0.4, 0.5) is 0 Å². The smallest absolute Gasteiger partial charge is 0.143 e. The SMILES string of the molecule is C/C=C(/C(=C/C=O)c1cc(CCCC)c(CCCC)c(CCCC)c1OC)C1CCCCC1. The summed E-state index contributed by atoms with van der Waals surface area (Å²) in [5.74, 6) is 1.55. The lowest BCUT2D eigenvalue weighted by atomic mass is 9.77. The van der Waals surface area contributed by atoms with Gasteiger partial charge < -0.3 is 4.74 Å². The molecule has 1 aromatic carbocycles. The van der Waals surface area contributed by atoms with Gasteiger partial charge in [-0.25, -0.2) is 0 Å². The van der Waals surface area contributed by atoms with Gasteiger partial charge in [-0.3, -0.25) is 4.79 Å². The average molecular weight is 453 g/mol. The van der Waals surface area contributed by atoms with Gasteiger partial charge >= 0.3 is 0 Å². The van der Waals surface area contributed by atoms with Crippen LogP contribution in [0.15, 0.2) is 23.8 Å². The molecule has 0 amide bonds. The van der Waals surface area contributed by atoms with Gasteiger partial charge in [-0.05, 0) is 104 Å². The van der Waals surface area contributed by atoms with Crippen LogP contribution in [-0.4, -0.2) is 13.4 Å². The van der Waals surface area contributed by atoms with Crippen LogP contribution in [0, 0.1) is 5.92 Å². The van der Waals surface area contributed by atoms with E-state index in [1.807, 2.05) is 7.11 Å². The van der Waals surface area contributed by atoms with Gasteiger partial charge in [0.15, 0.2) is 0 Å². The Kier molecular flexibility index (Phi) is 12.6. The summed E-state index contributed by atoms with van der Waals surface area (Å²) in [6, 6.07) is 2.39. The first kappa shape index (κ1) is 27.4. The van der Waals surface area contributed by atoms with Gasteiger partial charge in [-0.15, -0.1) is 0 Å². The van der Waals surface area contributed by atoms with Crippen molar-refractivity contribution in [1.29, 1.82) is 0 Å². The highest BCUT2D eigenvalue weighted by Gasteiger charge is 2.26. The molecule has 1 aliphatic rings. The fraction of sp³-hybridized carbons (Fsp3) is 0.645. The van der Waals surface area contributed by atoms with Crippen LogP contribution in [0.1, 0.15) is 121 Å². The Bertz CT molecular complexity index is 794. The highest BCUT2D eigenvalue weighted by molar-refractivity contribution is 5.92. The van der Waals surface area contributed by atoms with E-state index >= 15 is 0 Å². The third-order valence-electron chi connectivity index (χ3n) is 7.35. The highest BCUT2D eigenvalue weighted by Crippen LogP contribution is 2.43. The zero-order valence-corrected chi connectivity index (χ0v) is 22.1. The number of aryl methyl sites for hydroxylation is 1. The summed E-state index contributed by atoms with van der Waals surface area (Å²) in [6.07, 6.45) is 21.8. The molecule has 0 N–H and O–H groups in total. The van der Waals surface area contributed by atoms with Crippen molar-refractivity contribution in [2.24, 2.45) is 5.92 Å². The quantitative estimate of drug-likeness (QED) is 0.160. The molecule has 1 saturated carbocycles. The van der Waals surface area contributed by atoms with Crippen LogP contribution >= 0.6 is 0 Å². The van der Waals surface area contributed by atoms with Crippen molar-refractivity contribution in [2.45, 2.75) is 118 Å². The lowest BCUT2D eigenvalue weighted by Gasteiger charge is -2.29. The van der Waals surface area contributed by atoms with Crippen LogP contribution in [-0.2, 0) is 24.1 Å². The molecule has 2 nitrogen and oxygen atoms in total. The zero-order valence-electron chi connectivity index (χ0n) is 22.1. The number of aldehydes is 1. The van der Waals surface area contributed by atoms with Crippen molar-refractivity contribution in [2.75, 3.05) is 7.11 Å². The molecule has 0 radical (unpaired) electrons. The van der Waals surface area contributed by atoms with Gasteiger partial charge in [-0.2, -0.15) is 0 Å². The normalized spacial score (nSPS) is 15.7. The number of unbranched alkanes of at least 4 members (excludes halogenated alkanes) is 3. The molecule has 0 unspecified atom stereocenters. The van der Waals surface area contributed by atoms with Gasteiger partial charge in [0.25, 0.3) is 0 Å². The number of benzene rings is 1. The third kappa shape index (κ3) is 7.33. The summed E-state index contributed by atoms with van der Waals surface area (Å²) < 4.78 is 6.18. The Balaban J connectivity index is 2.73. The molecule has 33 heavy (non-hydrogen) atoms. The van der Waals surface area contributed by atoms with E-state index in [1.54, 1.807) is 6.08 Å². The van der Waals surface area contributed by atoms with E-state index in [9.17, 15) is 4.79 Å². The molecule has 0 heterocycles. The molecule has 184 valence electrons. The van der Waals surface area contributed by atoms with E-state index in [2.05, 4.69) is 39.8 Å². The molecule has 1 fully saturated rings. The van der Waals surface area contributed by atoms with Crippen molar-refractivity contribution in [3.05, 3.63) is 46.0 Å². The summed E-state index contributed by atoms with van der Waals surface area (Å²) in [6.45, 7) is 8.95. The zero-order chi connectivity index (χ0) is 24.1. The van der Waals surface area contributed by atoms with Crippen molar-refractivity contribution in [3.63, 3.8) is 0 Å². The molecule has 0 aromatic heterocycles. The predicted octanol–water partition coefficient (Wildman–Crippen LogP) is 8.83. The molecule has 2 heteroatoms. The van der Waals surface area contributed by atoms with Crippen molar-refractivity contribution in [1.82, 2.24) is 0 Å². The number of hydrogen-bond acceptors (Lipinski definition) is 2. The lowest BCUT2D eigenvalue weighted by molar-refractivity contribution is -0.104. The summed E-state index contributed by atoms with van der Waals surface area (Å²) in [4.78, 5) is 11.9. The molecule has 1 aromatic rings. The van der Waals surface area contributed by atoms with Crippen LogP contribution in [0.3, 0.4) is 0 Å². The van der Waals surface area contributed by atoms with Gasteiger partial charge in [-0.1, -0.05) is 65.4 Å². The molecule has 0 aliphatic heterocycles. The van der Waals surface area contributed by atoms with E-state index < -0.39 is 0 Å². The Labute approximate surface area is 203 Å². The fourth-order valence-corrected chi connectivity index (χ4v) is 5.56. The summed E-state index contributed by atoms with van der Waals surface area (Å²) in [5, 5.41) is 0. The topological polar surface area (TPSA) is 26.3 Å². The predicted molar refractivity (Wildman–Crippen MR) is 143 cm³/mol. The minimum atomic E-state index is 0.539. The first-order valence-electron chi connectivity index (χ1n) is 13.7. The van der Waals surface area contributed by atoms with Crippen molar-refractivity contribution < 1.29 is 9.53 Å². The van der Waals surface area contributed by atoms with Crippen LogP contribution < -0.4 is 4.74 Å². The molecule has 2 rings (SSSR count). The molecule has 0 saturated heterocycles. The summed E-state index contributed by atoms with van der Waals surface area (Å²) in [5.41, 5.74) is 7.96. The number of methoxy groups -OCH3 is 1. The molecular formula is C31H48O2. The second-order valence-corrected chi connectivity index (χ2v) is 9.68. The fourth-order valence-electron chi connectivity index (χ4n) is 5.56. The largest absolute Gasteiger partial charge is 0.496 e. The highest BCUT2D eigenvalue weighted by atomic mass is 16.5. The number of allylic oxidation sites excluding steroid dienone is 4. The second-order valence-electron chi connectivity index (χ2n) is 9.68. The van der Waals surface area contributed by atoms with Crippen LogP contribution in [0.25, 0.3) is 5.57 Å².